The summed E-state index contributed by atoms with van der Waals surface area (Å²) < 4.78 is 16.3. The molecule has 33 heavy (non-hydrogen) atoms. The van der Waals surface area contributed by atoms with Gasteiger partial charge in [-0.05, 0) is 60.9 Å². The molecule has 8 heteroatoms. The predicted octanol–water partition coefficient (Wildman–Crippen LogP) is 4.71. The number of halogens is 1. The molecule has 3 aromatic carbocycles. The number of hydrogen-bond acceptors (Lipinski definition) is 6. The number of nitrogens with zero attached hydrogens (tertiary/aromatic N) is 1. The van der Waals surface area contributed by atoms with Gasteiger partial charge in [0, 0.05) is 0 Å². The van der Waals surface area contributed by atoms with E-state index in [1.165, 1.54) is 13.3 Å². The Morgan fingerprint density at radius 3 is 2.42 bits per heavy atom. The fraction of sp³-hybridized carbons (Fsp3) is 0.160. The molecule has 1 amide bonds. The van der Waals surface area contributed by atoms with E-state index in [2.05, 4.69) is 10.5 Å². The Labute approximate surface area is 196 Å². The van der Waals surface area contributed by atoms with Crippen LogP contribution in [0.15, 0.2) is 65.8 Å². The van der Waals surface area contributed by atoms with Crippen molar-refractivity contribution in [3.05, 3.63) is 87.9 Å². The molecule has 0 spiro atoms. The van der Waals surface area contributed by atoms with E-state index in [0.29, 0.717) is 22.1 Å². The smallest absolute Gasteiger partial charge is 0.345 e. The van der Waals surface area contributed by atoms with Crippen molar-refractivity contribution in [2.45, 2.75) is 13.8 Å². The molecule has 0 aromatic heterocycles. The number of amides is 1. The number of para-hydroxylation sites is 1. The van der Waals surface area contributed by atoms with Gasteiger partial charge in [-0.25, -0.2) is 10.2 Å². The highest BCUT2D eigenvalue weighted by molar-refractivity contribution is 6.33. The first-order valence-corrected chi connectivity index (χ1v) is 10.4. The van der Waals surface area contributed by atoms with Crippen LogP contribution in [-0.2, 0) is 4.79 Å². The van der Waals surface area contributed by atoms with Crippen LogP contribution in [0.5, 0.6) is 17.2 Å². The Balaban J connectivity index is 1.59. The van der Waals surface area contributed by atoms with Gasteiger partial charge in [0.1, 0.15) is 5.75 Å². The maximum Gasteiger partial charge on any atom is 0.345 e. The van der Waals surface area contributed by atoms with Crippen molar-refractivity contribution in [1.82, 2.24) is 5.43 Å². The summed E-state index contributed by atoms with van der Waals surface area (Å²) in [5.41, 5.74) is 5.20. The first-order chi connectivity index (χ1) is 15.9. The number of hydrogen-bond donors (Lipinski definition) is 1. The Hall–Kier alpha value is -3.84. The molecular formula is C25H23ClN2O5. The van der Waals surface area contributed by atoms with E-state index in [0.717, 1.165) is 11.1 Å². The van der Waals surface area contributed by atoms with Crippen LogP contribution in [0.4, 0.5) is 0 Å². The summed E-state index contributed by atoms with van der Waals surface area (Å²) in [7, 11) is 1.45. The number of methoxy groups -OCH3 is 1. The van der Waals surface area contributed by atoms with E-state index in [1.54, 1.807) is 42.5 Å². The SMILES string of the molecule is COc1cc(/C=N/NC(=O)COc2c(C)cccc2C)ccc1OC(=O)c1ccccc1Cl. The molecule has 0 saturated carbocycles. The van der Waals surface area contributed by atoms with Gasteiger partial charge in [0.15, 0.2) is 18.1 Å². The minimum Gasteiger partial charge on any atom is -0.493 e. The van der Waals surface area contributed by atoms with Crippen LogP contribution in [0.2, 0.25) is 5.02 Å². The maximum atomic E-state index is 12.4. The molecule has 0 aliphatic carbocycles. The number of hydrazone groups is 1. The number of nitrogens with one attached hydrogen (secondary N) is 1. The van der Waals surface area contributed by atoms with E-state index in [1.807, 2.05) is 32.0 Å². The van der Waals surface area contributed by atoms with Crippen LogP contribution in [0.3, 0.4) is 0 Å². The molecule has 0 unspecified atom stereocenters. The van der Waals surface area contributed by atoms with Crippen LogP contribution >= 0.6 is 11.6 Å². The van der Waals surface area contributed by atoms with Crippen molar-refractivity contribution in [2.24, 2.45) is 5.10 Å². The van der Waals surface area contributed by atoms with Crippen LogP contribution in [0.1, 0.15) is 27.0 Å². The summed E-state index contributed by atoms with van der Waals surface area (Å²) in [5, 5.41) is 4.23. The first-order valence-electron chi connectivity index (χ1n) is 10.0. The van der Waals surface area contributed by atoms with Gasteiger partial charge in [-0.2, -0.15) is 5.10 Å². The zero-order chi connectivity index (χ0) is 23.8. The van der Waals surface area contributed by atoms with E-state index >= 15 is 0 Å². The minimum absolute atomic E-state index is 0.163. The predicted molar refractivity (Wildman–Crippen MR) is 127 cm³/mol. The highest BCUT2D eigenvalue weighted by Gasteiger charge is 2.15. The van der Waals surface area contributed by atoms with Crippen LogP contribution < -0.4 is 19.6 Å². The molecule has 170 valence electrons. The number of carbonyl (C=O) groups excluding carboxylic acids is 2. The van der Waals surface area contributed by atoms with Crippen molar-refractivity contribution >= 4 is 29.7 Å². The Bertz CT molecular complexity index is 1170. The standard InChI is InChI=1S/C25H23ClN2O5/c1-16-7-6-8-17(2)24(16)32-15-23(29)28-27-14-18-11-12-21(22(13-18)31-3)33-25(30)19-9-4-5-10-20(19)26/h4-14H,15H2,1-3H3,(H,28,29)/b27-14+. The molecule has 0 saturated heterocycles. The third kappa shape index (κ3) is 6.33. The summed E-state index contributed by atoms with van der Waals surface area (Å²) in [5.74, 6) is 0.237. The fourth-order valence-corrected chi connectivity index (χ4v) is 3.22. The van der Waals surface area contributed by atoms with Crippen molar-refractivity contribution in [2.75, 3.05) is 13.7 Å². The van der Waals surface area contributed by atoms with Gasteiger partial charge < -0.3 is 14.2 Å². The number of ether oxygens (including phenoxy) is 3. The molecule has 7 nitrogen and oxygen atoms in total. The topological polar surface area (TPSA) is 86.2 Å². The van der Waals surface area contributed by atoms with E-state index < -0.39 is 11.9 Å². The molecule has 0 bridgehead atoms. The van der Waals surface area contributed by atoms with E-state index in [-0.39, 0.29) is 17.9 Å². The third-order valence-corrected chi connectivity index (χ3v) is 4.97. The summed E-state index contributed by atoms with van der Waals surface area (Å²) >= 11 is 6.05. The molecule has 3 rings (SSSR count). The molecule has 0 radical (unpaired) electrons. The quantitative estimate of drug-likeness (QED) is 0.225. The van der Waals surface area contributed by atoms with Gasteiger partial charge in [-0.15, -0.1) is 0 Å². The minimum atomic E-state index is -0.600. The highest BCUT2D eigenvalue weighted by Crippen LogP contribution is 2.29. The largest absolute Gasteiger partial charge is 0.493 e. The molecule has 1 N–H and O–H groups in total. The van der Waals surface area contributed by atoms with Crippen molar-refractivity contribution in [3.8, 4) is 17.2 Å². The number of esters is 1. The zero-order valence-electron chi connectivity index (χ0n) is 18.4. The second-order valence-electron chi connectivity index (χ2n) is 7.08. The number of rotatable bonds is 8. The zero-order valence-corrected chi connectivity index (χ0v) is 19.2. The van der Waals surface area contributed by atoms with E-state index in [9.17, 15) is 9.59 Å². The first kappa shape index (κ1) is 23.8. The summed E-state index contributed by atoms with van der Waals surface area (Å²) in [6.07, 6.45) is 1.44. The molecule has 3 aromatic rings. The maximum absolute atomic E-state index is 12.4. The van der Waals surface area contributed by atoms with Gasteiger partial charge in [-0.3, -0.25) is 4.79 Å². The lowest BCUT2D eigenvalue weighted by atomic mass is 10.1. The van der Waals surface area contributed by atoms with E-state index in [4.69, 9.17) is 25.8 Å². The lowest BCUT2D eigenvalue weighted by molar-refractivity contribution is -0.123. The average molecular weight is 467 g/mol. The van der Waals surface area contributed by atoms with Gasteiger partial charge in [0.05, 0.1) is 23.9 Å². The third-order valence-electron chi connectivity index (χ3n) is 4.64. The van der Waals surface area contributed by atoms with Crippen LogP contribution in [-0.4, -0.2) is 31.8 Å². The molecular weight excluding hydrogens is 444 g/mol. The van der Waals surface area contributed by atoms with Crippen molar-refractivity contribution in [3.63, 3.8) is 0 Å². The van der Waals surface area contributed by atoms with Gasteiger partial charge in [0.2, 0.25) is 0 Å². The summed E-state index contributed by atoms with van der Waals surface area (Å²) in [6.45, 7) is 3.67. The molecule has 0 atom stereocenters. The molecule has 0 heterocycles. The molecule has 0 aliphatic heterocycles. The van der Waals surface area contributed by atoms with Gasteiger partial charge in [-0.1, -0.05) is 41.9 Å². The Morgan fingerprint density at radius 2 is 1.73 bits per heavy atom. The van der Waals surface area contributed by atoms with Crippen LogP contribution in [0.25, 0.3) is 0 Å². The number of carbonyl (C=O) groups is 2. The fourth-order valence-electron chi connectivity index (χ4n) is 3.01. The summed E-state index contributed by atoms with van der Waals surface area (Å²) in [6, 6.07) is 17.2. The van der Waals surface area contributed by atoms with Gasteiger partial charge in [0.25, 0.3) is 5.91 Å². The second-order valence-corrected chi connectivity index (χ2v) is 7.49. The van der Waals surface area contributed by atoms with Crippen molar-refractivity contribution in [1.29, 1.82) is 0 Å². The summed E-state index contributed by atoms with van der Waals surface area (Å²) in [4.78, 5) is 24.4. The number of aryl methyl sites for hydroxylation is 2. The Kier molecular flexibility index (Phi) is 8.05. The highest BCUT2D eigenvalue weighted by atomic mass is 35.5. The number of benzene rings is 3. The van der Waals surface area contributed by atoms with Gasteiger partial charge >= 0.3 is 5.97 Å². The Morgan fingerprint density at radius 1 is 1.00 bits per heavy atom. The monoisotopic (exact) mass is 466 g/mol. The van der Waals surface area contributed by atoms with Crippen LogP contribution in [0, 0.1) is 13.8 Å². The normalized spacial score (nSPS) is 10.7. The lowest BCUT2D eigenvalue weighted by Gasteiger charge is -2.11. The molecule has 0 aliphatic rings. The van der Waals surface area contributed by atoms with Crippen molar-refractivity contribution < 1.29 is 23.8 Å². The lowest BCUT2D eigenvalue weighted by Crippen LogP contribution is -2.25. The second kappa shape index (κ2) is 11.2. The average Bonchev–Trinajstić information content (AvgIpc) is 2.79. The molecule has 0 fully saturated rings.